The second-order valence-electron chi connectivity index (χ2n) is 4.22. The second kappa shape index (κ2) is 4.09. The van der Waals surface area contributed by atoms with Crippen LogP contribution in [0.2, 0.25) is 0 Å². The Morgan fingerprint density at radius 2 is 2.29 bits per heavy atom. The molecule has 2 rings (SSSR count). The van der Waals surface area contributed by atoms with Gasteiger partial charge in [0, 0.05) is 17.9 Å². The van der Waals surface area contributed by atoms with Gasteiger partial charge in [-0.2, -0.15) is 0 Å². The van der Waals surface area contributed by atoms with Crippen molar-refractivity contribution in [3.63, 3.8) is 0 Å². The van der Waals surface area contributed by atoms with Gasteiger partial charge in [0.25, 0.3) is 0 Å². The SMILES string of the molecule is Cc1cc([C@H]2CCCCN2C)ccn1. The van der Waals surface area contributed by atoms with Crippen molar-refractivity contribution in [1.82, 2.24) is 9.88 Å². The monoisotopic (exact) mass is 190 g/mol. The smallest absolute Gasteiger partial charge is 0.0375 e. The maximum atomic E-state index is 4.24. The molecular weight excluding hydrogens is 172 g/mol. The minimum Gasteiger partial charge on any atom is -0.299 e. The molecule has 1 aromatic heterocycles. The van der Waals surface area contributed by atoms with E-state index in [0.29, 0.717) is 6.04 Å². The van der Waals surface area contributed by atoms with E-state index in [1.807, 2.05) is 6.20 Å². The van der Waals surface area contributed by atoms with Crippen LogP contribution in [0.25, 0.3) is 0 Å². The van der Waals surface area contributed by atoms with Crippen molar-refractivity contribution in [2.75, 3.05) is 13.6 Å². The largest absolute Gasteiger partial charge is 0.299 e. The minimum absolute atomic E-state index is 0.616. The van der Waals surface area contributed by atoms with Gasteiger partial charge in [-0.25, -0.2) is 0 Å². The first-order valence-electron chi connectivity index (χ1n) is 5.40. The summed E-state index contributed by atoms with van der Waals surface area (Å²) < 4.78 is 0. The summed E-state index contributed by atoms with van der Waals surface area (Å²) in [5.41, 5.74) is 2.56. The predicted molar refractivity (Wildman–Crippen MR) is 58.2 cm³/mol. The summed E-state index contributed by atoms with van der Waals surface area (Å²) in [4.78, 5) is 6.70. The molecule has 0 spiro atoms. The average molecular weight is 190 g/mol. The van der Waals surface area contributed by atoms with Gasteiger partial charge in [0.05, 0.1) is 0 Å². The van der Waals surface area contributed by atoms with Gasteiger partial charge in [0.2, 0.25) is 0 Å². The number of nitrogens with zero attached hydrogens (tertiary/aromatic N) is 2. The number of piperidine rings is 1. The average Bonchev–Trinajstić information content (AvgIpc) is 2.18. The maximum Gasteiger partial charge on any atom is 0.0375 e. The van der Waals surface area contributed by atoms with Crippen LogP contribution in [-0.4, -0.2) is 23.5 Å². The number of aromatic nitrogens is 1. The van der Waals surface area contributed by atoms with Crippen molar-refractivity contribution in [1.29, 1.82) is 0 Å². The highest BCUT2D eigenvalue weighted by Gasteiger charge is 2.20. The van der Waals surface area contributed by atoms with Crippen LogP contribution in [0, 0.1) is 6.92 Å². The van der Waals surface area contributed by atoms with Crippen molar-refractivity contribution in [2.24, 2.45) is 0 Å². The van der Waals surface area contributed by atoms with E-state index in [-0.39, 0.29) is 0 Å². The molecule has 0 N–H and O–H groups in total. The Hall–Kier alpha value is -0.890. The summed E-state index contributed by atoms with van der Waals surface area (Å²) in [5, 5.41) is 0. The first-order chi connectivity index (χ1) is 6.77. The molecule has 0 amide bonds. The number of aryl methyl sites for hydroxylation is 1. The molecule has 1 aliphatic rings. The molecule has 0 saturated carbocycles. The third kappa shape index (κ3) is 1.95. The van der Waals surface area contributed by atoms with Crippen molar-refractivity contribution in [3.05, 3.63) is 29.6 Å². The van der Waals surface area contributed by atoms with Crippen LogP contribution >= 0.6 is 0 Å². The molecule has 1 atom stereocenters. The van der Waals surface area contributed by atoms with Crippen LogP contribution in [-0.2, 0) is 0 Å². The number of likely N-dealkylation sites (tertiary alicyclic amines) is 1. The fourth-order valence-corrected chi connectivity index (χ4v) is 2.27. The number of hydrogen-bond acceptors (Lipinski definition) is 2. The predicted octanol–water partition coefficient (Wildman–Crippen LogP) is 2.55. The molecule has 1 aliphatic heterocycles. The lowest BCUT2D eigenvalue weighted by Gasteiger charge is -2.32. The molecule has 14 heavy (non-hydrogen) atoms. The molecule has 76 valence electrons. The molecule has 2 heteroatoms. The third-order valence-corrected chi connectivity index (χ3v) is 3.08. The minimum atomic E-state index is 0.616. The van der Waals surface area contributed by atoms with Gasteiger partial charge < -0.3 is 0 Å². The Kier molecular flexibility index (Phi) is 2.82. The van der Waals surface area contributed by atoms with Gasteiger partial charge in [0.1, 0.15) is 0 Å². The fraction of sp³-hybridized carbons (Fsp3) is 0.583. The summed E-state index contributed by atoms with van der Waals surface area (Å²) in [5.74, 6) is 0. The normalized spacial score (nSPS) is 23.7. The van der Waals surface area contributed by atoms with E-state index in [4.69, 9.17) is 0 Å². The standard InChI is InChI=1S/C12H18N2/c1-10-9-11(6-7-13-10)12-5-3-4-8-14(12)2/h6-7,9,12H,3-5,8H2,1-2H3/t12-/m1/s1. The lowest BCUT2D eigenvalue weighted by molar-refractivity contribution is 0.187. The van der Waals surface area contributed by atoms with Crippen LogP contribution in [0.5, 0.6) is 0 Å². The molecular formula is C12H18N2. The molecule has 0 unspecified atom stereocenters. The van der Waals surface area contributed by atoms with Gasteiger partial charge >= 0.3 is 0 Å². The zero-order chi connectivity index (χ0) is 9.97. The molecule has 0 bridgehead atoms. The third-order valence-electron chi connectivity index (χ3n) is 3.08. The van der Waals surface area contributed by atoms with Crippen LogP contribution < -0.4 is 0 Å². The molecule has 1 fully saturated rings. The highest BCUT2D eigenvalue weighted by atomic mass is 15.1. The molecule has 1 saturated heterocycles. The first kappa shape index (κ1) is 9.66. The molecule has 2 heterocycles. The zero-order valence-electron chi connectivity index (χ0n) is 9.03. The summed E-state index contributed by atoms with van der Waals surface area (Å²) in [7, 11) is 2.22. The van der Waals surface area contributed by atoms with Gasteiger partial charge in [-0.3, -0.25) is 9.88 Å². The van der Waals surface area contributed by atoms with Gasteiger partial charge in [-0.05, 0) is 51.1 Å². The maximum absolute atomic E-state index is 4.24. The van der Waals surface area contributed by atoms with Crippen molar-refractivity contribution >= 4 is 0 Å². The lowest BCUT2D eigenvalue weighted by atomic mass is 9.96. The zero-order valence-corrected chi connectivity index (χ0v) is 9.03. The van der Waals surface area contributed by atoms with Crippen LogP contribution in [0.15, 0.2) is 18.3 Å². The molecule has 0 aromatic carbocycles. The Balaban J connectivity index is 2.20. The fourth-order valence-electron chi connectivity index (χ4n) is 2.27. The van der Waals surface area contributed by atoms with Gasteiger partial charge in [0.15, 0.2) is 0 Å². The summed E-state index contributed by atoms with van der Waals surface area (Å²) in [6, 6.07) is 4.98. The Labute approximate surface area is 86.0 Å². The number of rotatable bonds is 1. The highest BCUT2D eigenvalue weighted by Crippen LogP contribution is 2.29. The second-order valence-corrected chi connectivity index (χ2v) is 4.22. The summed E-state index contributed by atoms with van der Waals surface area (Å²) in [6.45, 7) is 3.29. The highest BCUT2D eigenvalue weighted by molar-refractivity contribution is 5.19. The van der Waals surface area contributed by atoms with Gasteiger partial charge in [-0.1, -0.05) is 6.42 Å². The Bertz CT molecular complexity index is 309. The van der Waals surface area contributed by atoms with Crippen molar-refractivity contribution < 1.29 is 0 Å². The molecule has 0 aliphatic carbocycles. The lowest BCUT2D eigenvalue weighted by Crippen LogP contribution is -2.29. The number of pyridine rings is 1. The van der Waals surface area contributed by atoms with Crippen molar-refractivity contribution in [3.8, 4) is 0 Å². The van der Waals surface area contributed by atoms with E-state index in [0.717, 1.165) is 5.69 Å². The van der Waals surface area contributed by atoms with Gasteiger partial charge in [-0.15, -0.1) is 0 Å². The van der Waals surface area contributed by atoms with E-state index in [1.54, 1.807) is 0 Å². The van der Waals surface area contributed by atoms with E-state index >= 15 is 0 Å². The quantitative estimate of drug-likeness (QED) is 0.676. The van der Waals surface area contributed by atoms with Crippen LogP contribution in [0.3, 0.4) is 0 Å². The van der Waals surface area contributed by atoms with E-state index < -0.39 is 0 Å². The molecule has 0 radical (unpaired) electrons. The van der Waals surface area contributed by atoms with Crippen LogP contribution in [0.1, 0.15) is 36.6 Å². The Morgan fingerprint density at radius 1 is 1.43 bits per heavy atom. The summed E-state index contributed by atoms with van der Waals surface area (Å²) in [6.07, 6.45) is 5.92. The molecule has 2 nitrogen and oxygen atoms in total. The Morgan fingerprint density at radius 3 is 3.00 bits per heavy atom. The van der Waals surface area contributed by atoms with E-state index in [9.17, 15) is 0 Å². The first-order valence-corrected chi connectivity index (χ1v) is 5.40. The van der Waals surface area contributed by atoms with Crippen LogP contribution in [0.4, 0.5) is 0 Å². The topological polar surface area (TPSA) is 16.1 Å². The molecule has 1 aromatic rings. The van der Waals surface area contributed by atoms with E-state index in [2.05, 4.69) is 36.0 Å². The van der Waals surface area contributed by atoms with E-state index in [1.165, 1.54) is 31.4 Å². The summed E-state index contributed by atoms with van der Waals surface area (Å²) >= 11 is 0. The van der Waals surface area contributed by atoms with Crippen molar-refractivity contribution in [2.45, 2.75) is 32.2 Å². The number of hydrogen-bond donors (Lipinski definition) is 0.